The number of hydrogen-bond acceptors (Lipinski definition) is 3. The van der Waals surface area contributed by atoms with Crippen molar-refractivity contribution in [2.24, 2.45) is 0 Å². The van der Waals surface area contributed by atoms with E-state index in [4.69, 9.17) is 0 Å². The summed E-state index contributed by atoms with van der Waals surface area (Å²) in [4.78, 5) is 0. The zero-order chi connectivity index (χ0) is 17.2. The highest BCUT2D eigenvalue weighted by Gasteiger charge is 2.25. The molecule has 2 aromatic carbocycles. The highest BCUT2D eigenvalue weighted by Crippen LogP contribution is 2.30. The normalized spacial score (nSPS) is 12.9. The highest BCUT2D eigenvalue weighted by atomic mass is 79.9. The zero-order valence-corrected chi connectivity index (χ0v) is 16.2. The third kappa shape index (κ3) is 3.78. The molecule has 1 aromatic heterocycles. The molecule has 0 radical (unpaired) electrons. The Kier molecular flexibility index (Phi) is 5.20. The highest BCUT2D eigenvalue weighted by molar-refractivity contribution is 9.11. The van der Waals surface area contributed by atoms with Crippen LogP contribution in [0.25, 0.3) is 0 Å². The number of nitrogens with one attached hydrogen (secondary N) is 1. The lowest BCUT2D eigenvalue weighted by Gasteiger charge is -2.21. The van der Waals surface area contributed by atoms with Crippen molar-refractivity contribution in [2.75, 3.05) is 0 Å². The van der Waals surface area contributed by atoms with Crippen LogP contribution in [0.1, 0.15) is 22.7 Å². The van der Waals surface area contributed by atoms with Crippen molar-refractivity contribution >= 4 is 37.3 Å². The standard InChI is InChI=1S/C18H16BrNO2S2/c1-13-7-5-6-10-15(13)18(14-8-3-2-4-9-14)20-24(21,22)17-12-11-16(19)23-17/h2-12,18,20H,1H3/t18-/m0/s1. The number of sulfonamides is 1. The summed E-state index contributed by atoms with van der Waals surface area (Å²) in [5.41, 5.74) is 2.90. The fourth-order valence-corrected chi connectivity index (χ4v) is 5.75. The van der Waals surface area contributed by atoms with E-state index in [0.717, 1.165) is 20.5 Å². The minimum absolute atomic E-state index is 0.295. The first-order valence-corrected chi connectivity index (χ1v) is 10.4. The smallest absolute Gasteiger partial charge is 0.206 e. The molecule has 0 bridgehead atoms. The summed E-state index contributed by atoms with van der Waals surface area (Å²) in [5, 5.41) is 0. The van der Waals surface area contributed by atoms with Gasteiger partial charge in [-0.25, -0.2) is 8.42 Å². The molecule has 0 saturated heterocycles. The van der Waals surface area contributed by atoms with Gasteiger partial charge in [-0.2, -0.15) is 4.72 Å². The van der Waals surface area contributed by atoms with Gasteiger partial charge in [-0.05, 0) is 51.7 Å². The third-order valence-electron chi connectivity index (χ3n) is 3.72. The summed E-state index contributed by atoms with van der Waals surface area (Å²) < 4.78 is 29.5. The van der Waals surface area contributed by atoms with Crippen LogP contribution < -0.4 is 4.72 Å². The van der Waals surface area contributed by atoms with Gasteiger partial charge in [-0.15, -0.1) is 11.3 Å². The Bertz CT molecular complexity index is 936. The molecule has 0 amide bonds. The molecule has 0 saturated carbocycles. The van der Waals surface area contributed by atoms with Crippen LogP contribution in [0.5, 0.6) is 0 Å². The van der Waals surface area contributed by atoms with Crippen molar-refractivity contribution in [3.05, 3.63) is 87.2 Å². The molecule has 0 unspecified atom stereocenters. The van der Waals surface area contributed by atoms with Crippen LogP contribution in [0, 0.1) is 6.92 Å². The van der Waals surface area contributed by atoms with Crippen LogP contribution in [0.3, 0.4) is 0 Å². The Labute approximate surface area is 154 Å². The fourth-order valence-electron chi connectivity index (χ4n) is 2.52. The quantitative estimate of drug-likeness (QED) is 0.637. The Hall–Kier alpha value is -1.47. The second-order valence-electron chi connectivity index (χ2n) is 5.38. The molecular formula is C18H16BrNO2S2. The van der Waals surface area contributed by atoms with Crippen LogP contribution in [-0.2, 0) is 10.0 Å². The second-order valence-corrected chi connectivity index (χ2v) is 9.78. The predicted octanol–water partition coefficient (Wildman–Crippen LogP) is 4.89. The van der Waals surface area contributed by atoms with Crippen LogP contribution in [0.4, 0.5) is 0 Å². The van der Waals surface area contributed by atoms with Crippen LogP contribution in [0.15, 0.2) is 74.7 Å². The van der Waals surface area contributed by atoms with Gasteiger partial charge in [0, 0.05) is 0 Å². The maximum atomic E-state index is 12.8. The van der Waals surface area contributed by atoms with Gasteiger partial charge >= 0.3 is 0 Å². The van der Waals surface area contributed by atoms with Gasteiger partial charge in [0.25, 0.3) is 10.0 Å². The second kappa shape index (κ2) is 7.19. The van der Waals surface area contributed by atoms with Crippen molar-refractivity contribution in [1.29, 1.82) is 0 Å². The SMILES string of the molecule is Cc1ccccc1[C@@H](NS(=O)(=O)c1ccc(Br)s1)c1ccccc1. The fraction of sp³-hybridized carbons (Fsp3) is 0.111. The monoisotopic (exact) mass is 421 g/mol. The van der Waals surface area contributed by atoms with Gasteiger partial charge in [0.1, 0.15) is 4.21 Å². The van der Waals surface area contributed by atoms with Crippen molar-refractivity contribution < 1.29 is 8.42 Å². The van der Waals surface area contributed by atoms with Gasteiger partial charge < -0.3 is 0 Å². The number of hydrogen-bond donors (Lipinski definition) is 1. The lowest BCUT2D eigenvalue weighted by atomic mass is 9.96. The van der Waals surface area contributed by atoms with E-state index in [2.05, 4.69) is 20.7 Å². The summed E-state index contributed by atoms with van der Waals surface area (Å²) in [7, 11) is -3.61. The molecule has 6 heteroatoms. The van der Waals surface area contributed by atoms with E-state index in [0.29, 0.717) is 4.21 Å². The van der Waals surface area contributed by atoms with Crippen LogP contribution in [-0.4, -0.2) is 8.42 Å². The first-order valence-electron chi connectivity index (χ1n) is 7.35. The minimum Gasteiger partial charge on any atom is -0.206 e. The first kappa shape index (κ1) is 17.4. The zero-order valence-electron chi connectivity index (χ0n) is 12.9. The van der Waals surface area contributed by atoms with Crippen molar-refractivity contribution in [3.63, 3.8) is 0 Å². The molecule has 1 N–H and O–H groups in total. The Morgan fingerprint density at radius 1 is 0.958 bits per heavy atom. The van der Waals surface area contributed by atoms with Crippen LogP contribution in [0.2, 0.25) is 0 Å². The Balaban J connectivity index is 2.05. The largest absolute Gasteiger partial charge is 0.250 e. The van der Waals surface area contributed by atoms with E-state index >= 15 is 0 Å². The summed E-state index contributed by atoms with van der Waals surface area (Å²) in [6.07, 6.45) is 0. The molecule has 1 atom stereocenters. The van der Waals surface area contributed by atoms with Gasteiger partial charge in [0.05, 0.1) is 9.83 Å². The Morgan fingerprint density at radius 3 is 2.25 bits per heavy atom. The van der Waals surface area contributed by atoms with E-state index < -0.39 is 16.1 Å². The molecular weight excluding hydrogens is 406 g/mol. The predicted molar refractivity (Wildman–Crippen MR) is 102 cm³/mol. The van der Waals surface area contributed by atoms with Gasteiger partial charge in [-0.1, -0.05) is 54.6 Å². The molecule has 3 aromatic rings. The lowest BCUT2D eigenvalue weighted by Crippen LogP contribution is -2.29. The van der Waals surface area contributed by atoms with Crippen molar-refractivity contribution in [3.8, 4) is 0 Å². The number of thiophene rings is 1. The van der Waals surface area contributed by atoms with Gasteiger partial charge in [0.2, 0.25) is 0 Å². The van der Waals surface area contributed by atoms with E-state index in [1.165, 1.54) is 11.3 Å². The molecule has 0 aliphatic heterocycles. The molecule has 0 aliphatic carbocycles. The first-order chi connectivity index (χ1) is 11.5. The molecule has 0 aliphatic rings. The molecule has 24 heavy (non-hydrogen) atoms. The van der Waals surface area contributed by atoms with Crippen molar-refractivity contribution in [1.82, 2.24) is 4.72 Å². The third-order valence-corrected chi connectivity index (χ3v) is 7.26. The maximum absolute atomic E-state index is 12.8. The molecule has 0 spiro atoms. The van der Waals surface area contributed by atoms with Crippen LogP contribution >= 0.6 is 27.3 Å². The molecule has 124 valence electrons. The summed E-state index contributed by atoms with van der Waals surface area (Å²) in [5.74, 6) is 0. The molecule has 3 rings (SSSR count). The summed E-state index contributed by atoms with van der Waals surface area (Å²) in [6, 6.07) is 20.4. The van der Waals surface area contributed by atoms with E-state index in [1.807, 2.05) is 61.5 Å². The minimum atomic E-state index is -3.61. The average molecular weight is 422 g/mol. The van der Waals surface area contributed by atoms with Gasteiger partial charge in [-0.3, -0.25) is 0 Å². The topological polar surface area (TPSA) is 46.2 Å². The average Bonchev–Trinajstić information content (AvgIpc) is 3.02. The number of aryl methyl sites for hydroxylation is 1. The van der Waals surface area contributed by atoms with E-state index in [-0.39, 0.29) is 0 Å². The number of benzene rings is 2. The number of rotatable bonds is 5. The van der Waals surface area contributed by atoms with E-state index in [1.54, 1.807) is 12.1 Å². The molecule has 1 heterocycles. The van der Waals surface area contributed by atoms with E-state index in [9.17, 15) is 8.42 Å². The lowest BCUT2D eigenvalue weighted by molar-refractivity contribution is 0.574. The maximum Gasteiger partial charge on any atom is 0.250 e. The number of halogens is 1. The molecule has 3 nitrogen and oxygen atoms in total. The Morgan fingerprint density at radius 2 is 1.62 bits per heavy atom. The van der Waals surface area contributed by atoms with Crippen molar-refractivity contribution in [2.45, 2.75) is 17.2 Å². The van der Waals surface area contributed by atoms with Gasteiger partial charge in [0.15, 0.2) is 0 Å². The summed E-state index contributed by atoms with van der Waals surface area (Å²) >= 11 is 4.52. The molecule has 0 fully saturated rings. The summed E-state index contributed by atoms with van der Waals surface area (Å²) in [6.45, 7) is 1.99.